The number of anilines is 3. The lowest BCUT2D eigenvalue weighted by Crippen LogP contribution is -2.48. The molecule has 0 amide bonds. The van der Waals surface area contributed by atoms with E-state index in [1.54, 1.807) is 13.3 Å². The number of methoxy groups -OCH3 is 1. The quantitative estimate of drug-likeness (QED) is 0.270. The van der Waals surface area contributed by atoms with Crippen LogP contribution in [0.2, 0.25) is 0 Å². The van der Waals surface area contributed by atoms with Gasteiger partial charge in [-0.3, -0.25) is 9.69 Å². The fourth-order valence-corrected chi connectivity index (χ4v) is 7.59. The first kappa shape index (κ1) is 32.1. The van der Waals surface area contributed by atoms with Crippen molar-refractivity contribution in [2.75, 3.05) is 62.5 Å². The summed E-state index contributed by atoms with van der Waals surface area (Å²) < 4.78 is 30.0. The van der Waals surface area contributed by atoms with Crippen molar-refractivity contribution in [1.82, 2.24) is 24.8 Å². The molecule has 1 aromatic carbocycles. The molecule has 6 heterocycles. The minimum Gasteiger partial charge on any atom is -0.487 e. The molecule has 3 aliphatic heterocycles. The van der Waals surface area contributed by atoms with Gasteiger partial charge in [-0.25, -0.2) is 14.4 Å². The van der Waals surface area contributed by atoms with E-state index in [-0.39, 0.29) is 23.6 Å². The molecule has 254 valence electrons. The summed E-state index contributed by atoms with van der Waals surface area (Å²) in [5.74, 6) is 1.10. The topological polar surface area (TPSA) is 114 Å². The van der Waals surface area contributed by atoms with Crippen LogP contribution < -0.4 is 35.8 Å². The fraction of sp³-hybridized carbons (Fsp3) is 0.472. The van der Waals surface area contributed by atoms with Crippen molar-refractivity contribution in [3.05, 3.63) is 76.1 Å². The molecule has 12 heteroatoms. The third-order valence-electron chi connectivity index (χ3n) is 10.2. The number of benzene rings is 1. The van der Waals surface area contributed by atoms with Crippen LogP contribution in [0.5, 0.6) is 11.6 Å². The minimum absolute atomic E-state index is 0.0230. The van der Waals surface area contributed by atoms with Crippen LogP contribution in [0.4, 0.5) is 21.6 Å². The molecular weight excluding hydrogens is 611 g/mol. The molecular formula is C36H45FN8O3. The Balaban J connectivity index is 1.27. The van der Waals surface area contributed by atoms with Gasteiger partial charge in [0.2, 0.25) is 5.88 Å². The number of nitrogens with zero attached hydrogens (tertiary/aromatic N) is 6. The first-order valence-electron chi connectivity index (χ1n) is 17.0. The van der Waals surface area contributed by atoms with Crippen molar-refractivity contribution in [3.8, 4) is 11.6 Å². The summed E-state index contributed by atoms with van der Waals surface area (Å²) in [6.45, 7) is 6.59. The van der Waals surface area contributed by atoms with Gasteiger partial charge < -0.3 is 34.9 Å². The van der Waals surface area contributed by atoms with Crippen molar-refractivity contribution in [2.24, 2.45) is 0 Å². The number of nitrogens with one attached hydrogen (secondary N) is 1. The molecule has 48 heavy (non-hydrogen) atoms. The van der Waals surface area contributed by atoms with Crippen molar-refractivity contribution < 1.29 is 13.9 Å². The lowest BCUT2D eigenvalue weighted by Gasteiger charge is -2.40. The SMILES string of the molecule is CNC1CCCN(c2c(F)cc3c(=O)c(CN(Cc4ccnc(OC)c4)[C@H]4CCCN(c5ccc(N)nc5)C4)cn4c3c2OCC4C)C1. The predicted octanol–water partition coefficient (Wildman–Crippen LogP) is 4.33. The molecule has 2 saturated heterocycles. The molecule has 0 spiro atoms. The zero-order valence-corrected chi connectivity index (χ0v) is 28.0. The first-order chi connectivity index (χ1) is 23.3. The number of likely N-dealkylation sites (N-methyl/N-ethyl adjacent to an activating group) is 1. The lowest BCUT2D eigenvalue weighted by molar-refractivity contribution is 0.157. The number of hydrogen-bond donors (Lipinski definition) is 2. The molecule has 11 nitrogen and oxygen atoms in total. The zero-order valence-electron chi connectivity index (χ0n) is 28.0. The monoisotopic (exact) mass is 656 g/mol. The van der Waals surface area contributed by atoms with Gasteiger partial charge in [0.05, 0.1) is 35.9 Å². The fourth-order valence-electron chi connectivity index (χ4n) is 7.59. The van der Waals surface area contributed by atoms with E-state index < -0.39 is 5.82 Å². The Hall–Kier alpha value is -4.42. The number of nitrogens with two attached hydrogens (primary N) is 1. The lowest BCUT2D eigenvalue weighted by atomic mass is 10.00. The molecule has 3 N–H and O–H groups in total. The Bertz CT molecular complexity index is 1830. The summed E-state index contributed by atoms with van der Waals surface area (Å²) in [5, 5.41) is 3.71. The number of piperidine rings is 2. The number of rotatable bonds is 9. The van der Waals surface area contributed by atoms with Gasteiger partial charge in [-0.1, -0.05) is 0 Å². The molecule has 0 saturated carbocycles. The largest absolute Gasteiger partial charge is 0.487 e. The molecule has 2 fully saturated rings. The summed E-state index contributed by atoms with van der Waals surface area (Å²) in [6, 6.07) is 9.59. The van der Waals surface area contributed by atoms with Crippen LogP contribution in [-0.2, 0) is 13.1 Å². The number of pyridine rings is 3. The average molecular weight is 657 g/mol. The maximum atomic E-state index is 16.2. The van der Waals surface area contributed by atoms with Crippen LogP contribution in [0.3, 0.4) is 0 Å². The van der Waals surface area contributed by atoms with Gasteiger partial charge in [-0.05, 0) is 69.5 Å². The van der Waals surface area contributed by atoms with Gasteiger partial charge >= 0.3 is 0 Å². The van der Waals surface area contributed by atoms with Crippen molar-refractivity contribution >= 4 is 28.1 Å². The average Bonchev–Trinajstić information content (AvgIpc) is 3.11. The van der Waals surface area contributed by atoms with Crippen LogP contribution in [0.25, 0.3) is 10.9 Å². The Morgan fingerprint density at radius 2 is 1.94 bits per heavy atom. The number of hydrogen-bond acceptors (Lipinski definition) is 10. The maximum absolute atomic E-state index is 16.2. The van der Waals surface area contributed by atoms with Crippen molar-refractivity contribution in [3.63, 3.8) is 0 Å². The Kier molecular flexibility index (Phi) is 9.11. The number of ether oxygens (including phenoxy) is 2. The molecule has 7 rings (SSSR count). The summed E-state index contributed by atoms with van der Waals surface area (Å²) in [4.78, 5) is 29.7. The number of aromatic nitrogens is 3. The van der Waals surface area contributed by atoms with Crippen LogP contribution in [-0.4, -0.2) is 78.5 Å². The molecule has 3 aromatic heterocycles. The van der Waals surface area contributed by atoms with Crippen LogP contribution in [0.1, 0.15) is 49.8 Å². The molecule has 4 aromatic rings. The Labute approximate surface area is 280 Å². The van der Waals surface area contributed by atoms with E-state index >= 15 is 4.39 Å². The second-order valence-electron chi connectivity index (χ2n) is 13.4. The number of nitrogen functional groups attached to an aromatic ring is 1. The van der Waals surface area contributed by atoms with Gasteiger partial charge in [0, 0.05) is 75.4 Å². The second-order valence-corrected chi connectivity index (χ2v) is 13.4. The van der Waals surface area contributed by atoms with Crippen LogP contribution in [0.15, 0.2) is 53.7 Å². The van der Waals surface area contributed by atoms with Gasteiger partial charge in [0.1, 0.15) is 18.1 Å². The highest BCUT2D eigenvalue weighted by Gasteiger charge is 2.32. The summed E-state index contributed by atoms with van der Waals surface area (Å²) in [7, 11) is 3.56. The smallest absolute Gasteiger partial charge is 0.213 e. The summed E-state index contributed by atoms with van der Waals surface area (Å²) in [6.07, 6.45) is 9.52. The Morgan fingerprint density at radius 1 is 1.10 bits per heavy atom. The summed E-state index contributed by atoms with van der Waals surface area (Å²) >= 11 is 0. The van der Waals surface area contributed by atoms with Crippen LogP contribution in [0, 0.1) is 5.82 Å². The first-order valence-corrected chi connectivity index (χ1v) is 17.0. The van der Waals surface area contributed by atoms with Crippen molar-refractivity contribution in [2.45, 2.75) is 63.8 Å². The third-order valence-corrected chi connectivity index (χ3v) is 10.2. The van der Waals surface area contributed by atoms with Gasteiger partial charge in [0.15, 0.2) is 17.0 Å². The standard InChI is InChI=1S/C36H45FN8O3/c1-23-22-48-36-33-29(15-30(37)34(36)43-13-4-6-26(20-43)39-2)35(46)25(19-45(23)33)18-44(17-24-10-11-40-32(14-24)47-3)28-7-5-12-42(21-28)27-8-9-31(38)41-16-27/h8-11,14-16,19,23,26,28,39H,4-7,12-13,17-18,20-22H2,1-3H3,(H2,38,41)/t23?,26?,28-/m0/s1. The van der Waals surface area contributed by atoms with Gasteiger partial charge in [0.25, 0.3) is 0 Å². The van der Waals surface area contributed by atoms with E-state index in [2.05, 4.69) is 41.5 Å². The molecule has 2 unspecified atom stereocenters. The highest BCUT2D eigenvalue weighted by atomic mass is 19.1. The minimum atomic E-state index is -0.412. The molecule has 0 radical (unpaired) electrons. The van der Waals surface area contributed by atoms with E-state index in [4.69, 9.17) is 15.2 Å². The molecule has 0 bridgehead atoms. The zero-order chi connectivity index (χ0) is 33.4. The normalized spacial score (nSPS) is 21.1. The van der Waals surface area contributed by atoms with E-state index in [1.165, 1.54) is 6.07 Å². The molecule has 3 aliphatic rings. The second kappa shape index (κ2) is 13.6. The van der Waals surface area contributed by atoms with Gasteiger partial charge in [-0.15, -0.1) is 0 Å². The Morgan fingerprint density at radius 3 is 2.73 bits per heavy atom. The molecule has 3 atom stereocenters. The van der Waals surface area contributed by atoms with Crippen LogP contribution >= 0.6 is 0 Å². The third kappa shape index (κ3) is 6.26. The van der Waals surface area contributed by atoms with E-state index in [9.17, 15) is 4.79 Å². The van der Waals surface area contributed by atoms with E-state index in [0.717, 1.165) is 56.6 Å². The highest BCUT2D eigenvalue weighted by molar-refractivity contribution is 5.92. The highest BCUT2D eigenvalue weighted by Crippen LogP contribution is 2.42. The van der Waals surface area contributed by atoms with E-state index in [0.29, 0.717) is 65.8 Å². The number of halogens is 1. The van der Waals surface area contributed by atoms with E-state index in [1.807, 2.05) is 43.7 Å². The molecule has 0 aliphatic carbocycles. The summed E-state index contributed by atoms with van der Waals surface area (Å²) in [5.41, 5.74) is 9.55. The van der Waals surface area contributed by atoms with Crippen molar-refractivity contribution in [1.29, 1.82) is 0 Å². The van der Waals surface area contributed by atoms with Gasteiger partial charge in [-0.2, -0.15) is 0 Å². The maximum Gasteiger partial charge on any atom is 0.213 e. The predicted molar refractivity (Wildman–Crippen MR) is 187 cm³/mol.